The van der Waals surface area contributed by atoms with Crippen molar-refractivity contribution in [2.45, 2.75) is 13.8 Å². The molecule has 74 valence electrons. The average molecular weight is 194 g/mol. The van der Waals surface area contributed by atoms with Crippen molar-refractivity contribution in [1.82, 2.24) is 9.55 Å². The summed E-state index contributed by atoms with van der Waals surface area (Å²) in [7, 11) is 0. The van der Waals surface area contributed by atoms with Gasteiger partial charge in [-0.3, -0.25) is 14.6 Å². The Balaban J connectivity index is 3.45. The minimum atomic E-state index is -0.742. The molecule has 1 heterocycles. The number of H-pyrrole nitrogens is 1. The average Bonchev–Trinajstić information content (AvgIpc) is 2.10. The molecule has 0 amide bonds. The summed E-state index contributed by atoms with van der Waals surface area (Å²) in [5.41, 5.74) is -0.688. The first-order valence-corrected chi connectivity index (χ1v) is 3.96. The zero-order valence-corrected chi connectivity index (χ0v) is 7.96. The van der Waals surface area contributed by atoms with Gasteiger partial charge in [0.1, 0.15) is 0 Å². The van der Waals surface area contributed by atoms with E-state index in [1.165, 1.54) is 20.0 Å². The largest absolute Gasteiger partial charge is 0.335 e. The minimum Gasteiger partial charge on any atom is -0.273 e. The Hall–Kier alpha value is -1.91. The van der Waals surface area contributed by atoms with E-state index in [0.29, 0.717) is 5.56 Å². The third-order valence-electron chi connectivity index (χ3n) is 1.70. The van der Waals surface area contributed by atoms with E-state index in [1.54, 1.807) is 0 Å². The number of nitrogens with one attached hydrogen (secondary N) is 1. The van der Waals surface area contributed by atoms with Gasteiger partial charge < -0.3 is 0 Å². The van der Waals surface area contributed by atoms with E-state index in [-0.39, 0.29) is 5.57 Å². The van der Waals surface area contributed by atoms with Crippen LogP contribution in [0.5, 0.6) is 0 Å². The molecule has 1 rings (SSSR count). The van der Waals surface area contributed by atoms with Gasteiger partial charge in [-0.25, -0.2) is 9.36 Å². The zero-order chi connectivity index (χ0) is 10.9. The van der Waals surface area contributed by atoms with Crippen molar-refractivity contribution in [2.24, 2.45) is 0 Å². The first kappa shape index (κ1) is 10.2. The molecular weight excluding hydrogens is 184 g/mol. The van der Waals surface area contributed by atoms with Crippen LogP contribution in [0.15, 0.2) is 27.9 Å². The van der Waals surface area contributed by atoms with Crippen LogP contribution in [0.25, 0.3) is 0 Å². The molecule has 5 nitrogen and oxygen atoms in total. The van der Waals surface area contributed by atoms with Gasteiger partial charge in [-0.15, -0.1) is 0 Å². The Morgan fingerprint density at radius 1 is 1.50 bits per heavy atom. The van der Waals surface area contributed by atoms with E-state index in [9.17, 15) is 14.4 Å². The highest BCUT2D eigenvalue weighted by atomic mass is 16.2. The molecule has 0 aliphatic carbocycles. The van der Waals surface area contributed by atoms with E-state index < -0.39 is 17.2 Å². The molecular formula is C9H10N2O3. The van der Waals surface area contributed by atoms with Crippen LogP contribution in [-0.4, -0.2) is 15.5 Å². The monoisotopic (exact) mass is 194 g/mol. The number of hydrogen-bond acceptors (Lipinski definition) is 3. The molecule has 14 heavy (non-hydrogen) atoms. The first-order chi connectivity index (χ1) is 6.43. The van der Waals surface area contributed by atoms with Crippen molar-refractivity contribution >= 4 is 5.91 Å². The quantitative estimate of drug-likeness (QED) is 0.642. The molecule has 0 aliphatic heterocycles. The normalized spacial score (nSPS) is 9.86. The van der Waals surface area contributed by atoms with Gasteiger partial charge in [0.15, 0.2) is 0 Å². The maximum absolute atomic E-state index is 11.4. The number of allylic oxidation sites excluding steroid dienone is 1. The lowest BCUT2D eigenvalue weighted by Gasteiger charge is -2.02. The smallest absolute Gasteiger partial charge is 0.273 e. The van der Waals surface area contributed by atoms with E-state index in [4.69, 9.17) is 0 Å². The van der Waals surface area contributed by atoms with E-state index >= 15 is 0 Å². The van der Waals surface area contributed by atoms with Gasteiger partial charge in [-0.05, 0) is 13.8 Å². The van der Waals surface area contributed by atoms with Crippen molar-refractivity contribution in [2.75, 3.05) is 0 Å². The number of aromatic nitrogens is 2. The van der Waals surface area contributed by atoms with Gasteiger partial charge in [0.2, 0.25) is 0 Å². The van der Waals surface area contributed by atoms with Crippen LogP contribution in [0.2, 0.25) is 0 Å². The van der Waals surface area contributed by atoms with Crippen molar-refractivity contribution in [3.05, 3.63) is 44.8 Å². The van der Waals surface area contributed by atoms with Crippen LogP contribution < -0.4 is 11.2 Å². The molecule has 0 radical (unpaired) electrons. The summed E-state index contributed by atoms with van der Waals surface area (Å²) in [4.78, 5) is 35.6. The number of rotatable bonds is 1. The van der Waals surface area contributed by atoms with Crippen LogP contribution >= 0.6 is 0 Å². The minimum absolute atomic E-state index is 0.235. The second-order valence-corrected chi connectivity index (χ2v) is 3.03. The van der Waals surface area contributed by atoms with E-state index in [1.807, 2.05) is 4.98 Å². The van der Waals surface area contributed by atoms with Crippen molar-refractivity contribution in [3.8, 4) is 0 Å². The summed E-state index contributed by atoms with van der Waals surface area (Å²) in [6.45, 7) is 6.43. The Bertz CT molecular complexity index is 508. The van der Waals surface area contributed by atoms with Gasteiger partial charge >= 0.3 is 5.69 Å². The lowest BCUT2D eigenvalue weighted by molar-refractivity contribution is 0.0949. The summed E-state index contributed by atoms with van der Waals surface area (Å²) < 4.78 is 0.832. The Kier molecular flexibility index (Phi) is 2.51. The van der Waals surface area contributed by atoms with Gasteiger partial charge in [0.25, 0.3) is 11.5 Å². The first-order valence-electron chi connectivity index (χ1n) is 3.96. The topological polar surface area (TPSA) is 71.9 Å². The maximum Gasteiger partial charge on any atom is 0.335 e. The molecule has 0 atom stereocenters. The van der Waals surface area contributed by atoms with Crippen LogP contribution in [0, 0.1) is 6.92 Å². The molecule has 1 aromatic heterocycles. The standard InChI is InChI=1S/C9H10N2O3/c1-5(2)8(13)11-4-6(3)7(12)10-9(11)14/h4H,1H2,2-3H3,(H,10,12,14). The Morgan fingerprint density at radius 2 is 2.07 bits per heavy atom. The molecule has 0 bridgehead atoms. The van der Waals surface area contributed by atoms with Crippen molar-refractivity contribution in [3.63, 3.8) is 0 Å². The molecule has 5 heteroatoms. The van der Waals surface area contributed by atoms with E-state index in [2.05, 4.69) is 6.58 Å². The summed E-state index contributed by atoms with van der Waals surface area (Å²) in [6, 6.07) is 0. The number of aromatic amines is 1. The van der Waals surface area contributed by atoms with Gasteiger partial charge in [-0.2, -0.15) is 0 Å². The molecule has 1 aromatic rings. The second-order valence-electron chi connectivity index (χ2n) is 3.03. The second kappa shape index (κ2) is 3.45. The molecule has 0 aromatic carbocycles. The fourth-order valence-corrected chi connectivity index (χ4v) is 0.923. The zero-order valence-electron chi connectivity index (χ0n) is 7.96. The van der Waals surface area contributed by atoms with Crippen LogP contribution in [0.4, 0.5) is 0 Å². The molecule has 0 aliphatic rings. The summed E-state index contributed by atoms with van der Waals surface area (Å²) in [5, 5.41) is 0. The third-order valence-corrected chi connectivity index (χ3v) is 1.70. The highest BCUT2D eigenvalue weighted by Crippen LogP contribution is 1.92. The number of carbonyl (C=O) groups is 1. The lowest BCUT2D eigenvalue weighted by Crippen LogP contribution is -2.34. The fraction of sp³-hybridized carbons (Fsp3) is 0.222. The van der Waals surface area contributed by atoms with Crippen LogP contribution in [-0.2, 0) is 0 Å². The van der Waals surface area contributed by atoms with Gasteiger partial charge in [0, 0.05) is 17.3 Å². The molecule has 0 unspecified atom stereocenters. The third kappa shape index (κ3) is 1.71. The molecule has 1 N–H and O–H groups in total. The molecule has 0 fully saturated rings. The molecule has 0 spiro atoms. The summed E-state index contributed by atoms with van der Waals surface area (Å²) >= 11 is 0. The van der Waals surface area contributed by atoms with Gasteiger partial charge in [0.05, 0.1) is 0 Å². The van der Waals surface area contributed by atoms with Crippen molar-refractivity contribution < 1.29 is 4.79 Å². The number of carbonyl (C=O) groups excluding carboxylic acids is 1. The highest BCUT2D eigenvalue weighted by Gasteiger charge is 2.09. The lowest BCUT2D eigenvalue weighted by atomic mass is 10.3. The van der Waals surface area contributed by atoms with Crippen molar-refractivity contribution in [1.29, 1.82) is 0 Å². The number of nitrogens with zero attached hydrogens (tertiary/aromatic N) is 1. The highest BCUT2D eigenvalue weighted by molar-refractivity contribution is 5.93. The fourth-order valence-electron chi connectivity index (χ4n) is 0.923. The predicted molar refractivity (Wildman–Crippen MR) is 51.5 cm³/mol. The Morgan fingerprint density at radius 3 is 2.57 bits per heavy atom. The van der Waals surface area contributed by atoms with Gasteiger partial charge in [-0.1, -0.05) is 6.58 Å². The maximum atomic E-state index is 11.4. The van der Waals surface area contributed by atoms with Crippen LogP contribution in [0.1, 0.15) is 17.3 Å². The molecule has 0 saturated heterocycles. The van der Waals surface area contributed by atoms with E-state index in [0.717, 1.165) is 4.57 Å². The summed E-state index contributed by atoms with van der Waals surface area (Å²) in [5.74, 6) is -0.519. The Labute approximate surface area is 79.7 Å². The summed E-state index contributed by atoms with van der Waals surface area (Å²) in [6.07, 6.45) is 1.21. The van der Waals surface area contributed by atoms with Crippen LogP contribution in [0.3, 0.4) is 0 Å². The number of hydrogen-bond donors (Lipinski definition) is 1. The SMILES string of the molecule is C=C(C)C(=O)n1cc(C)c(=O)[nH]c1=O. The predicted octanol–water partition coefficient (Wildman–Crippen LogP) is 0.0613. The molecule has 0 saturated carbocycles. The number of aryl methyl sites for hydroxylation is 1.